The first-order valence-corrected chi connectivity index (χ1v) is 14.0. The molecule has 6 rings (SSSR count). The van der Waals surface area contributed by atoms with Crippen LogP contribution in [-0.4, -0.2) is 25.6 Å². The van der Waals surface area contributed by atoms with Crippen LogP contribution in [0.2, 0.25) is 0 Å². The highest BCUT2D eigenvalue weighted by atomic mass is 16.7. The summed E-state index contributed by atoms with van der Waals surface area (Å²) in [5.74, 6) is 4.50. The van der Waals surface area contributed by atoms with Crippen molar-refractivity contribution in [3.05, 3.63) is 29.8 Å². The summed E-state index contributed by atoms with van der Waals surface area (Å²) in [6.07, 6.45) is 17.5. The van der Waals surface area contributed by atoms with Gasteiger partial charge in [-0.25, -0.2) is 0 Å². The fourth-order valence-electron chi connectivity index (χ4n) is 7.98. The Balaban J connectivity index is 1.20. The zero-order valence-corrected chi connectivity index (χ0v) is 21.1. The molecule has 4 bridgehead atoms. The second kappa shape index (κ2) is 10.7. The van der Waals surface area contributed by atoms with Gasteiger partial charge in [0.15, 0.2) is 6.29 Å². The van der Waals surface area contributed by atoms with Gasteiger partial charge in [-0.15, -0.1) is 0 Å². The molecule has 1 aromatic carbocycles. The second-order valence-corrected chi connectivity index (χ2v) is 12.4. The molecule has 0 aliphatic heterocycles. The summed E-state index contributed by atoms with van der Waals surface area (Å²) in [4.78, 5) is 0. The number of hydrogen-bond acceptors (Lipinski definition) is 3. The lowest BCUT2D eigenvalue weighted by Gasteiger charge is -2.57. The van der Waals surface area contributed by atoms with Crippen LogP contribution in [0.5, 0.6) is 5.75 Å². The lowest BCUT2D eigenvalue weighted by molar-refractivity contribution is -0.151. The zero-order valence-electron chi connectivity index (χ0n) is 21.1. The molecule has 0 N–H and O–H groups in total. The standard InChI is InChI=1S/C30H46O3/c1-22(2)14-23-8-10-28(11-9-23)33-29(32-13-12-31-27-6-4-3-5-7-27)21-30-18-24-15-25(19-30)17-26(16-24)20-30/h8-11,22,24-27,29H,3-7,12-21H2,1-2H3. The zero-order chi connectivity index (χ0) is 22.7. The summed E-state index contributed by atoms with van der Waals surface area (Å²) in [6.45, 7) is 5.88. The normalized spacial score (nSPS) is 32.4. The van der Waals surface area contributed by atoms with E-state index in [2.05, 4.69) is 38.1 Å². The number of ether oxygens (including phenoxy) is 3. The van der Waals surface area contributed by atoms with Gasteiger partial charge >= 0.3 is 0 Å². The highest BCUT2D eigenvalue weighted by Crippen LogP contribution is 2.61. The summed E-state index contributed by atoms with van der Waals surface area (Å²) in [7, 11) is 0. The van der Waals surface area contributed by atoms with E-state index in [1.54, 1.807) is 0 Å². The van der Waals surface area contributed by atoms with Crippen LogP contribution in [0.3, 0.4) is 0 Å². The van der Waals surface area contributed by atoms with Gasteiger partial charge in [-0.1, -0.05) is 45.2 Å². The largest absolute Gasteiger partial charge is 0.465 e. The van der Waals surface area contributed by atoms with Crippen LogP contribution in [-0.2, 0) is 15.9 Å². The minimum absolute atomic E-state index is 0.160. The molecule has 0 aromatic heterocycles. The van der Waals surface area contributed by atoms with Crippen molar-refractivity contribution in [2.24, 2.45) is 29.1 Å². The average Bonchev–Trinajstić information content (AvgIpc) is 2.77. The first kappa shape index (κ1) is 23.7. The fraction of sp³-hybridized carbons (Fsp3) is 0.800. The van der Waals surface area contributed by atoms with Crippen molar-refractivity contribution in [1.82, 2.24) is 0 Å². The van der Waals surface area contributed by atoms with E-state index in [-0.39, 0.29) is 6.29 Å². The Kier molecular flexibility index (Phi) is 7.67. The summed E-state index contributed by atoms with van der Waals surface area (Å²) in [5.41, 5.74) is 1.83. The van der Waals surface area contributed by atoms with Gasteiger partial charge in [0.1, 0.15) is 5.75 Å². The fourth-order valence-corrected chi connectivity index (χ4v) is 7.98. The van der Waals surface area contributed by atoms with Crippen molar-refractivity contribution < 1.29 is 14.2 Å². The van der Waals surface area contributed by atoms with E-state index in [0.29, 0.717) is 30.7 Å². The molecule has 3 nitrogen and oxygen atoms in total. The predicted molar refractivity (Wildman–Crippen MR) is 133 cm³/mol. The highest BCUT2D eigenvalue weighted by molar-refractivity contribution is 5.27. The third-order valence-corrected chi connectivity index (χ3v) is 8.89. The van der Waals surface area contributed by atoms with Gasteiger partial charge in [0.25, 0.3) is 0 Å². The molecular weight excluding hydrogens is 408 g/mol. The van der Waals surface area contributed by atoms with E-state index in [9.17, 15) is 0 Å². The first-order chi connectivity index (χ1) is 16.1. The molecule has 0 spiro atoms. The quantitative estimate of drug-likeness (QED) is 0.255. The Hall–Kier alpha value is -1.06. The van der Waals surface area contributed by atoms with E-state index in [1.807, 2.05) is 0 Å². The molecule has 5 fully saturated rings. The van der Waals surface area contributed by atoms with Crippen LogP contribution >= 0.6 is 0 Å². The monoisotopic (exact) mass is 454 g/mol. The Labute approximate surface area is 202 Å². The second-order valence-electron chi connectivity index (χ2n) is 12.4. The smallest absolute Gasteiger partial charge is 0.200 e. The van der Waals surface area contributed by atoms with Crippen molar-refractivity contribution in [1.29, 1.82) is 0 Å². The van der Waals surface area contributed by atoms with Crippen LogP contribution in [0, 0.1) is 29.1 Å². The maximum Gasteiger partial charge on any atom is 0.200 e. The molecule has 3 heteroatoms. The third-order valence-electron chi connectivity index (χ3n) is 8.89. The summed E-state index contributed by atoms with van der Waals surface area (Å²) < 4.78 is 19.1. The van der Waals surface area contributed by atoms with Crippen LogP contribution in [0.25, 0.3) is 0 Å². The van der Waals surface area contributed by atoms with Crippen molar-refractivity contribution in [2.75, 3.05) is 13.2 Å². The molecule has 0 amide bonds. The minimum atomic E-state index is -0.160. The summed E-state index contributed by atoms with van der Waals surface area (Å²) in [6, 6.07) is 8.74. The van der Waals surface area contributed by atoms with Gasteiger partial charge < -0.3 is 14.2 Å². The van der Waals surface area contributed by atoms with Crippen molar-refractivity contribution in [2.45, 2.75) is 110 Å². The van der Waals surface area contributed by atoms with Gasteiger partial charge in [0.05, 0.1) is 19.3 Å². The molecule has 0 saturated heterocycles. The van der Waals surface area contributed by atoms with Crippen LogP contribution in [0.4, 0.5) is 0 Å². The van der Waals surface area contributed by atoms with Crippen LogP contribution < -0.4 is 4.74 Å². The maximum absolute atomic E-state index is 6.53. The lowest BCUT2D eigenvalue weighted by atomic mass is 9.49. The van der Waals surface area contributed by atoms with Crippen LogP contribution in [0.15, 0.2) is 24.3 Å². The number of benzene rings is 1. The summed E-state index contributed by atoms with van der Waals surface area (Å²) >= 11 is 0. The molecule has 1 aromatic rings. The molecule has 1 unspecified atom stereocenters. The molecule has 184 valence electrons. The Morgan fingerprint density at radius 1 is 0.848 bits per heavy atom. The van der Waals surface area contributed by atoms with E-state index >= 15 is 0 Å². The topological polar surface area (TPSA) is 27.7 Å². The predicted octanol–water partition coefficient (Wildman–Crippen LogP) is 7.56. The van der Waals surface area contributed by atoms with Crippen LogP contribution in [0.1, 0.15) is 96.5 Å². The molecule has 33 heavy (non-hydrogen) atoms. The SMILES string of the molecule is CC(C)Cc1ccc(OC(CC23CC4CC(CC(C4)C2)C3)OCCOC2CCCCC2)cc1. The van der Waals surface area contributed by atoms with Gasteiger partial charge in [-0.3, -0.25) is 0 Å². The van der Waals surface area contributed by atoms with E-state index in [0.717, 1.165) is 36.3 Å². The molecule has 0 heterocycles. The van der Waals surface area contributed by atoms with Crippen molar-refractivity contribution in [3.8, 4) is 5.75 Å². The maximum atomic E-state index is 6.53. The molecule has 1 atom stereocenters. The van der Waals surface area contributed by atoms with Gasteiger partial charge in [0, 0.05) is 6.42 Å². The Morgan fingerprint density at radius 2 is 1.48 bits per heavy atom. The number of hydrogen-bond donors (Lipinski definition) is 0. The molecule has 5 aliphatic rings. The Bertz CT molecular complexity index is 698. The van der Waals surface area contributed by atoms with E-state index < -0.39 is 0 Å². The number of rotatable bonds is 11. The van der Waals surface area contributed by atoms with Gasteiger partial charge in [-0.2, -0.15) is 0 Å². The van der Waals surface area contributed by atoms with E-state index in [4.69, 9.17) is 14.2 Å². The van der Waals surface area contributed by atoms with Gasteiger partial charge in [0.2, 0.25) is 0 Å². The van der Waals surface area contributed by atoms with Gasteiger partial charge in [-0.05, 0) is 105 Å². The molecular formula is C30H46O3. The minimum Gasteiger partial charge on any atom is -0.465 e. The first-order valence-electron chi connectivity index (χ1n) is 14.0. The average molecular weight is 455 g/mol. The van der Waals surface area contributed by atoms with Crippen molar-refractivity contribution in [3.63, 3.8) is 0 Å². The lowest BCUT2D eigenvalue weighted by Crippen LogP contribution is -2.48. The van der Waals surface area contributed by atoms with E-state index in [1.165, 1.54) is 76.2 Å². The highest BCUT2D eigenvalue weighted by Gasteiger charge is 2.51. The molecule has 5 saturated carbocycles. The van der Waals surface area contributed by atoms with Crippen molar-refractivity contribution >= 4 is 0 Å². The Morgan fingerprint density at radius 3 is 2.09 bits per heavy atom. The molecule has 0 radical (unpaired) electrons. The molecule has 5 aliphatic carbocycles. The summed E-state index contributed by atoms with van der Waals surface area (Å²) in [5, 5.41) is 0. The third kappa shape index (κ3) is 6.34.